The van der Waals surface area contributed by atoms with Crippen LogP contribution in [0.25, 0.3) is 10.9 Å². The van der Waals surface area contributed by atoms with E-state index in [1.807, 2.05) is 42.9 Å². The van der Waals surface area contributed by atoms with Gasteiger partial charge in [0.05, 0.1) is 5.52 Å². The van der Waals surface area contributed by atoms with E-state index in [1.54, 1.807) is 12.4 Å². The predicted octanol–water partition coefficient (Wildman–Crippen LogP) is 3.07. The van der Waals surface area contributed by atoms with Gasteiger partial charge in [0.25, 0.3) is 0 Å². The number of hydrogen-bond acceptors (Lipinski definition) is 4. The van der Waals surface area contributed by atoms with Crippen molar-refractivity contribution < 1.29 is 0 Å². The maximum absolute atomic E-state index is 4.14. The maximum Gasteiger partial charge on any atom is 0.0732 e. The lowest BCUT2D eigenvalue weighted by Gasteiger charge is -2.16. The van der Waals surface area contributed by atoms with Gasteiger partial charge in [-0.2, -0.15) is 0 Å². The first-order valence-electron chi connectivity index (χ1n) is 6.75. The fourth-order valence-corrected chi connectivity index (χ4v) is 2.22. The lowest BCUT2D eigenvalue weighted by atomic mass is 10.1. The molecule has 1 N–H and O–H groups in total. The first-order chi connectivity index (χ1) is 9.93. The average Bonchev–Trinajstić information content (AvgIpc) is 2.56. The summed E-state index contributed by atoms with van der Waals surface area (Å²) in [7, 11) is 0. The topological polar surface area (TPSA) is 50.7 Å². The van der Waals surface area contributed by atoms with Gasteiger partial charge in [-0.15, -0.1) is 0 Å². The van der Waals surface area contributed by atoms with Crippen LogP contribution in [0, 0.1) is 0 Å². The molecule has 20 heavy (non-hydrogen) atoms. The number of anilines is 1. The van der Waals surface area contributed by atoms with Gasteiger partial charge in [-0.3, -0.25) is 15.0 Å². The highest BCUT2D eigenvalue weighted by molar-refractivity contribution is 5.76. The second-order valence-electron chi connectivity index (χ2n) is 4.63. The zero-order chi connectivity index (χ0) is 13.6. The van der Waals surface area contributed by atoms with Gasteiger partial charge in [-0.1, -0.05) is 0 Å². The highest BCUT2D eigenvalue weighted by atomic mass is 14.9. The van der Waals surface area contributed by atoms with Crippen molar-refractivity contribution in [2.45, 2.75) is 12.8 Å². The van der Waals surface area contributed by atoms with Crippen LogP contribution >= 0.6 is 0 Å². The van der Waals surface area contributed by atoms with Crippen LogP contribution in [0.3, 0.4) is 0 Å². The van der Waals surface area contributed by atoms with E-state index >= 15 is 0 Å². The summed E-state index contributed by atoms with van der Waals surface area (Å²) in [5.74, 6) is 0. The summed E-state index contributed by atoms with van der Waals surface area (Å²) in [6, 6.07) is 7.84. The highest BCUT2D eigenvalue weighted by Gasteiger charge is 2.05. The van der Waals surface area contributed by atoms with Crippen LogP contribution in [0.15, 0.2) is 55.2 Å². The number of aryl methyl sites for hydroxylation is 1. The standard InChI is InChI=1S/C8H10N2.C8H6N2/c2*1-2-7-6-9-5-3-8(7)10-4-1/h3,5-6,10H,1-2,4H2;1-6H. The van der Waals surface area contributed by atoms with E-state index in [4.69, 9.17) is 0 Å². The normalized spacial score (nSPS) is 12.8. The summed E-state index contributed by atoms with van der Waals surface area (Å²) in [6.07, 6.45) is 11.5. The Morgan fingerprint density at radius 3 is 2.75 bits per heavy atom. The largest absolute Gasteiger partial charge is 0.385 e. The van der Waals surface area contributed by atoms with Gasteiger partial charge in [0.2, 0.25) is 0 Å². The van der Waals surface area contributed by atoms with E-state index in [0.717, 1.165) is 17.4 Å². The molecule has 0 fully saturated rings. The number of rotatable bonds is 0. The molecule has 0 spiro atoms. The molecule has 3 aromatic heterocycles. The summed E-state index contributed by atoms with van der Waals surface area (Å²) >= 11 is 0. The minimum Gasteiger partial charge on any atom is -0.385 e. The molecule has 0 amide bonds. The zero-order valence-electron chi connectivity index (χ0n) is 11.2. The molecule has 0 bridgehead atoms. The molecule has 0 radical (unpaired) electrons. The number of hydrogen-bond donors (Lipinski definition) is 1. The van der Waals surface area contributed by atoms with Gasteiger partial charge in [-0.25, -0.2) is 0 Å². The van der Waals surface area contributed by atoms with Crippen molar-refractivity contribution in [3.8, 4) is 0 Å². The van der Waals surface area contributed by atoms with Crippen LogP contribution in [0.2, 0.25) is 0 Å². The van der Waals surface area contributed by atoms with Crippen LogP contribution in [0.1, 0.15) is 12.0 Å². The number of fused-ring (bicyclic) bond motifs is 2. The zero-order valence-corrected chi connectivity index (χ0v) is 11.2. The summed E-state index contributed by atoms with van der Waals surface area (Å²) in [4.78, 5) is 12.2. The minimum atomic E-state index is 0.998. The Morgan fingerprint density at radius 2 is 1.85 bits per heavy atom. The molecule has 0 unspecified atom stereocenters. The molecule has 0 aliphatic carbocycles. The molecule has 0 atom stereocenters. The quantitative estimate of drug-likeness (QED) is 0.678. The van der Waals surface area contributed by atoms with E-state index in [2.05, 4.69) is 20.3 Å². The molecule has 4 nitrogen and oxygen atoms in total. The van der Waals surface area contributed by atoms with Crippen molar-refractivity contribution >= 4 is 16.6 Å². The summed E-state index contributed by atoms with van der Waals surface area (Å²) in [5, 5.41) is 4.41. The molecule has 4 heterocycles. The third-order valence-corrected chi connectivity index (χ3v) is 3.25. The van der Waals surface area contributed by atoms with Gasteiger partial charge >= 0.3 is 0 Å². The fourth-order valence-electron chi connectivity index (χ4n) is 2.22. The average molecular weight is 264 g/mol. The summed E-state index contributed by atoms with van der Waals surface area (Å²) in [6.45, 7) is 1.11. The summed E-state index contributed by atoms with van der Waals surface area (Å²) < 4.78 is 0. The Labute approximate surface area is 117 Å². The van der Waals surface area contributed by atoms with Gasteiger partial charge < -0.3 is 5.32 Å². The smallest absolute Gasteiger partial charge is 0.0732 e. The number of pyridine rings is 3. The minimum absolute atomic E-state index is 0.998. The molecular formula is C16H16N4. The second kappa shape index (κ2) is 6.10. The van der Waals surface area contributed by atoms with Crippen LogP contribution in [0.4, 0.5) is 5.69 Å². The molecule has 1 aliphatic rings. The van der Waals surface area contributed by atoms with Crippen molar-refractivity contribution in [3.63, 3.8) is 0 Å². The van der Waals surface area contributed by atoms with Crippen molar-refractivity contribution in [3.05, 3.63) is 60.8 Å². The van der Waals surface area contributed by atoms with Crippen LogP contribution in [-0.2, 0) is 6.42 Å². The second-order valence-corrected chi connectivity index (χ2v) is 4.63. The van der Waals surface area contributed by atoms with Gasteiger partial charge in [0.15, 0.2) is 0 Å². The molecule has 4 heteroatoms. The Hall–Kier alpha value is -2.49. The van der Waals surface area contributed by atoms with E-state index in [9.17, 15) is 0 Å². The number of aromatic nitrogens is 3. The van der Waals surface area contributed by atoms with Crippen LogP contribution in [0.5, 0.6) is 0 Å². The van der Waals surface area contributed by atoms with E-state index in [1.165, 1.54) is 24.1 Å². The Morgan fingerprint density at radius 1 is 0.950 bits per heavy atom. The highest BCUT2D eigenvalue weighted by Crippen LogP contribution is 2.18. The predicted molar refractivity (Wildman–Crippen MR) is 80.6 cm³/mol. The van der Waals surface area contributed by atoms with Gasteiger partial charge in [0, 0.05) is 48.6 Å². The van der Waals surface area contributed by atoms with Crippen molar-refractivity contribution in [1.82, 2.24) is 15.0 Å². The molecular weight excluding hydrogens is 248 g/mol. The molecule has 1 aliphatic heterocycles. The van der Waals surface area contributed by atoms with Gasteiger partial charge in [0.1, 0.15) is 0 Å². The Kier molecular flexibility index (Phi) is 3.83. The van der Waals surface area contributed by atoms with Crippen molar-refractivity contribution in [2.24, 2.45) is 0 Å². The third-order valence-electron chi connectivity index (χ3n) is 3.25. The fraction of sp³-hybridized carbons (Fsp3) is 0.188. The molecule has 0 saturated carbocycles. The SMILES string of the molecule is c1cc2c(cn1)CCCN2.c1cnc2ccncc2c1. The molecule has 100 valence electrons. The van der Waals surface area contributed by atoms with E-state index < -0.39 is 0 Å². The van der Waals surface area contributed by atoms with Crippen LogP contribution in [-0.4, -0.2) is 21.5 Å². The molecule has 0 saturated heterocycles. The maximum atomic E-state index is 4.14. The van der Waals surface area contributed by atoms with E-state index in [-0.39, 0.29) is 0 Å². The first kappa shape index (κ1) is 12.5. The monoisotopic (exact) mass is 264 g/mol. The van der Waals surface area contributed by atoms with E-state index in [0.29, 0.717) is 0 Å². The number of nitrogens with one attached hydrogen (secondary N) is 1. The van der Waals surface area contributed by atoms with Crippen molar-refractivity contribution in [1.29, 1.82) is 0 Å². The molecule has 4 rings (SSSR count). The summed E-state index contributed by atoms with van der Waals surface area (Å²) in [5.41, 5.74) is 3.62. The third kappa shape index (κ3) is 2.91. The lowest BCUT2D eigenvalue weighted by molar-refractivity contribution is 0.824. The Balaban J connectivity index is 0.000000121. The van der Waals surface area contributed by atoms with Crippen LogP contribution < -0.4 is 5.32 Å². The molecule has 0 aromatic carbocycles. The Bertz CT molecular complexity index is 606. The number of nitrogens with zero attached hydrogens (tertiary/aromatic N) is 3. The van der Waals surface area contributed by atoms with Crippen molar-refractivity contribution in [2.75, 3.05) is 11.9 Å². The lowest BCUT2D eigenvalue weighted by Crippen LogP contribution is -2.11. The first-order valence-corrected chi connectivity index (χ1v) is 6.75. The van der Waals surface area contributed by atoms with Gasteiger partial charge in [-0.05, 0) is 42.7 Å². The molecule has 3 aromatic rings.